The van der Waals surface area contributed by atoms with Gasteiger partial charge in [-0.25, -0.2) is 8.78 Å². The lowest BCUT2D eigenvalue weighted by Crippen LogP contribution is -2.04. The number of Topliss-reactive ketones (excluding diaryl/α,β-unsaturated/α-hetero) is 1. The van der Waals surface area contributed by atoms with Crippen molar-refractivity contribution in [2.45, 2.75) is 19.3 Å². The number of hydrogen-bond acceptors (Lipinski definition) is 2. The number of ether oxygens (including phenoxy) is 1. The smallest absolute Gasteiger partial charge is 0.165 e. The van der Waals surface area contributed by atoms with Crippen LogP contribution >= 0.6 is 15.9 Å². The summed E-state index contributed by atoms with van der Waals surface area (Å²) in [6, 6.07) is 1.79. The molecule has 1 rings (SSSR count). The van der Waals surface area contributed by atoms with E-state index in [1.807, 2.05) is 0 Å². The third-order valence-electron chi connectivity index (χ3n) is 2.33. The van der Waals surface area contributed by atoms with E-state index < -0.39 is 11.6 Å². The number of halogens is 3. The van der Waals surface area contributed by atoms with Crippen molar-refractivity contribution < 1.29 is 18.3 Å². The molecule has 5 heteroatoms. The van der Waals surface area contributed by atoms with E-state index in [0.29, 0.717) is 6.42 Å². The summed E-state index contributed by atoms with van der Waals surface area (Å²) in [5.74, 6) is -2.05. The van der Waals surface area contributed by atoms with Crippen molar-refractivity contribution in [1.82, 2.24) is 0 Å². The van der Waals surface area contributed by atoms with Crippen molar-refractivity contribution in [1.29, 1.82) is 0 Å². The number of methoxy groups -OCH3 is 1. The van der Waals surface area contributed by atoms with Crippen molar-refractivity contribution in [3.8, 4) is 5.75 Å². The number of carbonyl (C=O) groups excluding carboxylic acids is 1. The number of unbranched alkanes of at least 4 members (excludes halogenated alkanes) is 1. The number of rotatable bonds is 6. The minimum Gasteiger partial charge on any atom is -0.494 e. The maximum Gasteiger partial charge on any atom is 0.165 e. The van der Waals surface area contributed by atoms with E-state index in [2.05, 4.69) is 20.7 Å². The summed E-state index contributed by atoms with van der Waals surface area (Å²) in [7, 11) is 1.25. The van der Waals surface area contributed by atoms with Gasteiger partial charge in [0.05, 0.1) is 12.7 Å². The molecule has 1 aromatic rings. The van der Waals surface area contributed by atoms with Gasteiger partial charge in [-0.1, -0.05) is 15.9 Å². The van der Waals surface area contributed by atoms with Crippen molar-refractivity contribution in [3.63, 3.8) is 0 Å². The molecule has 0 unspecified atom stereocenters. The molecule has 0 fully saturated rings. The Bertz CT molecular complexity index is 408. The Labute approximate surface area is 107 Å². The molecule has 2 nitrogen and oxygen atoms in total. The van der Waals surface area contributed by atoms with E-state index in [9.17, 15) is 13.6 Å². The minimum atomic E-state index is -0.743. The Balaban J connectivity index is 2.83. The highest BCUT2D eigenvalue weighted by molar-refractivity contribution is 9.09. The number of alkyl halides is 1. The summed E-state index contributed by atoms with van der Waals surface area (Å²) in [6.07, 6.45) is 1.69. The SMILES string of the molecule is COc1cc(F)c(C(=O)CCCCBr)cc1F. The lowest BCUT2D eigenvalue weighted by Gasteiger charge is -2.06. The molecule has 0 amide bonds. The predicted molar refractivity (Wildman–Crippen MR) is 64.9 cm³/mol. The normalized spacial score (nSPS) is 10.4. The topological polar surface area (TPSA) is 26.3 Å². The standard InChI is InChI=1S/C12H13BrF2O2/c1-17-12-7-9(14)8(6-10(12)15)11(16)4-2-3-5-13/h6-7H,2-5H2,1H3. The highest BCUT2D eigenvalue weighted by Crippen LogP contribution is 2.22. The number of benzene rings is 1. The first kappa shape index (κ1) is 14.1. The molecule has 0 aliphatic rings. The summed E-state index contributed by atoms with van der Waals surface area (Å²) in [5, 5.41) is 0.791. The third-order valence-corrected chi connectivity index (χ3v) is 2.89. The average Bonchev–Trinajstić information content (AvgIpc) is 2.31. The number of hydrogen-bond donors (Lipinski definition) is 0. The molecule has 0 N–H and O–H groups in total. The van der Waals surface area contributed by atoms with Crippen molar-refractivity contribution >= 4 is 21.7 Å². The van der Waals surface area contributed by atoms with Crippen molar-refractivity contribution in [3.05, 3.63) is 29.3 Å². The lowest BCUT2D eigenvalue weighted by atomic mass is 10.0. The highest BCUT2D eigenvalue weighted by Gasteiger charge is 2.16. The van der Waals surface area contributed by atoms with Gasteiger partial charge in [0.1, 0.15) is 5.82 Å². The third kappa shape index (κ3) is 3.77. The Hall–Kier alpha value is -0.970. The first-order valence-electron chi connectivity index (χ1n) is 5.22. The van der Waals surface area contributed by atoms with Crippen LogP contribution in [0.2, 0.25) is 0 Å². The molecule has 0 atom stereocenters. The molecule has 0 bridgehead atoms. The molecule has 94 valence electrons. The van der Waals surface area contributed by atoms with Gasteiger partial charge in [-0.05, 0) is 18.9 Å². The van der Waals surface area contributed by atoms with E-state index in [-0.39, 0.29) is 23.5 Å². The molecule has 0 aliphatic carbocycles. The van der Waals surface area contributed by atoms with Crippen LogP contribution in [0, 0.1) is 11.6 Å². The van der Waals surface area contributed by atoms with Crippen LogP contribution in [0.1, 0.15) is 29.6 Å². The zero-order chi connectivity index (χ0) is 12.8. The molecule has 0 radical (unpaired) electrons. The van der Waals surface area contributed by atoms with Crippen LogP contribution in [0.25, 0.3) is 0 Å². The van der Waals surface area contributed by atoms with Crippen LogP contribution in [0.5, 0.6) is 5.75 Å². The van der Waals surface area contributed by atoms with E-state index in [4.69, 9.17) is 0 Å². The highest BCUT2D eigenvalue weighted by atomic mass is 79.9. The summed E-state index contributed by atoms with van der Waals surface area (Å²) in [5.41, 5.74) is -0.210. The number of carbonyl (C=O) groups is 1. The Morgan fingerprint density at radius 2 is 2.00 bits per heavy atom. The second kappa shape index (κ2) is 6.69. The maximum atomic E-state index is 13.5. The van der Waals surface area contributed by atoms with Gasteiger partial charge in [0, 0.05) is 17.8 Å². The predicted octanol–water partition coefficient (Wildman–Crippen LogP) is 3.72. The summed E-state index contributed by atoms with van der Waals surface area (Å²) >= 11 is 3.24. The van der Waals surface area contributed by atoms with Gasteiger partial charge < -0.3 is 4.74 Å². The van der Waals surface area contributed by atoms with Gasteiger partial charge in [0.25, 0.3) is 0 Å². The van der Waals surface area contributed by atoms with E-state index in [1.165, 1.54) is 7.11 Å². The van der Waals surface area contributed by atoms with Crippen LogP contribution in [0.15, 0.2) is 12.1 Å². The Morgan fingerprint density at radius 3 is 2.59 bits per heavy atom. The molecule has 0 spiro atoms. The molecule has 17 heavy (non-hydrogen) atoms. The molecule has 0 aliphatic heterocycles. The molecule has 0 saturated carbocycles. The van der Waals surface area contributed by atoms with Gasteiger partial charge in [-0.15, -0.1) is 0 Å². The first-order valence-corrected chi connectivity index (χ1v) is 6.34. The second-order valence-corrected chi connectivity index (χ2v) is 4.33. The van der Waals surface area contributed by atoms with Gasteiger partial charge in [0.2, 0.25) is 0 Å². The molecule has 0 heterocycles. The summed E-state index contributed by atoms with van der Waals surface area (Å²) in [4.78, 5) is 11.6. The molecular formula is C12H13BrF2O2. The van der Waals surface area contributed by atoms with Gasteiger partial charge in [-0.3, -0.25) is 4.79 Å². The summed E-state index contributed by atoms with van der Waals surface area (Å²) in [6.45, 7) is 0. The van der Waals surface area contributed by atoms with Crippen LogP contribution in [0.3, 0.4) is 0 Å². The number of ketones is 1. The van der Waals surface area contributed by atoms with Gasteiger partial charge in [0.15, 0.2) is 17.3 Å². The second-order valence-electron chi connectivity index (χ2n) is 3.54. The molecule has 0 saturated heterocycles. The van der Waals surface area contributed by atoms with Crippen LogP contribution in [-0.2, 0) is 0 Å². The zero-order valence-corrected chi connectivity index (χ0v) is 11.0. The van der Waals surface area contributed by atoms with Gasteiger partial charge >= 0.3 is 0 Å². The largest absolute Gasteiger partial charge is 0.494 e. The molecule has 1 aromatic carbocycles. The van der Waals surface area contributed by atoms with E-state index >= 15 is 0 Å². The molecular weight excluding hydrogens is 294 g/mol. The quantitative estimate of drug-likeness (QED) is 0.455. The average molecular weight is 307 g/mol. The first-order chi connectivity index (χ1) is 8.10. The summed E-state index contributed by atoms with van der Waals surface area (Å²) < 4.78 is 31.5. The minimum absolute atomic E-state index is 0.195. The fourth-order valence-electron chi connectivity index (χ4n) is 1.41. The maximum absolute atomic E-state index is 13.5. The van der Waals surface area contributed by atoms with E-state index in [0.717, 1.165) is 23.9 Å². The lowest BCUT2D eigenvalue weighted by molar-refractivity contribution is 0.0975. The monoisotopic (exact) mass is 306 g/mol. The Kier molecular flexibility index (Phi) is 5.55. The van der Waals surface area contributed by atoms with Crippen LogP contribution in [0.4, 0.5) is 8.78 Å². The Morgan fingerprint density at radius 1 is 1.29 bits per heavy atom. The van der Waals surface area contributed by atoms with Gasteiger partial charge in [-0.2, -0.15) is 0 Å². The van der Waals surface area contributed by atoms with Crippen molar-refractivity contribution in [2.75, 3.05) is 12.4 Å². The fourth-order valence-corrected chi connectivity index (χ4v) is 1.81. The molecule has 0 aromatic heterocycles. The van der Waals surface area contributed by atoms with E-state index in [1.54, 1.807) is 0 Å². The van der Waals surface area contributed by atoms with Crippen LogP contribution < -0.4 is 4.74 Å². The van der Waals surface area contributed by atoms with Crippen molar-refractivity contribution in [2.24, 2.45) is 0 Å². The zero-order valence-electron chi connectivity index (χ0n) is 9.43. The fraction of sp³-hybridized carbons (Fsp3) is 0.417. The van der Waals surface area contributed by atoms with Crippen LogP contribution in [-0.4, -0.2) is 18.2 Å².